The van der Waals surface area contributed by atoms with Crippen molar-refractivity contribution in [1.29, 1.82) is 5.26 Å². The van der Waals surface area contributed by atoms with Crippen LogP contribution in [0.4, 0.5) is 0 Å². The average Bonchev–Trinajstić information content (AvgIpc) is 2.65. The van der Waals surface area contributed by atoms with E-state index in [9.17, 15) is 10.1 Å². The molecule has 2 N–H and O–H groups in total. The van der Waals surface area contributed by atoms with Crippen LogP contribution in [0.1, 0.15) is 45.4 Å². The van der Waals surface area contributed by atoms with Crippen LogP contribution in [0.25, 0.3) is 0 Å². The highest BCUT2D eigenvalue weighted by molar-refractivity contribution is 5.79. The molecule has 0 aromatic carbocycles. The largest absolute Gasteiger partial charge is 0.337 e. The highest BCUT2D eigenvalue weighted by Crippen LogP contribution is 2.26. The maximum atomic E-state index is 12.2. The van der Waals surface area contributed by atoms with Gasteiger partial charge in [-0.1, -0.05) is 25.7 Å². The lowest BCUT2D eigenvalue weighted by Crippen LogP contribution is -2.55. The molecule has 1 saturated heterocycles. The number of rotatable bonds is 3. The molecule has 0 spiro atoms. The fourth-order valence-electron chi connectivity index (χ4n) is 3.26. The SMILES string of the molecule is C[C@H]1CN(CC(=O)NC2(C#N)CCCCCC2)CCN1. The minimum absolute atomic E-state index is 0.00236. The first-order valence-corrected chi connectivity index (χ1v) is 7.81. The Hall–Kier alpha value is -1.12. The van der Waals surface area contributed by atoms with Gasteiger partial charge < -0.3 is 10.6 Å². The Morgan fingerprint density at radius 3 is 2.70 bits per heavy atom. The van der Waals surface area contributed by atoms with Gasteiger partial charge in [0, 0.05) is 25.7 Å². The zero-order valence-electron chi connectivity index (χ0n) is 12.5. The van der Waals surface area contributed by atoms with Crippen molar-refractivity contribution in [2.75, 3.05) is 26.2 Å². The predicted molar refractivity (Wildman–Crippen MR) is 78.1 cm³/mol. The summed E-state index contributed by atoms with van der Waals surface area (Å²) in [7, 11) is 0. The van der Waals surface area contributed by atoms with Crippen molar-refractivity contribution in [3.05, 3.63) is 0 Å². The molecule has 112 valence electrons. The Labute approximate surface area is 121 Å². The Bertz CT molecular complexity index is 369. The Morgan fingerprint density at radius 1 is 1.40 bits per heavy atom. The molecule has 2 aliphatic rings. The van der Waals surface area contributed by atoms with Crippen molar-refractivity contribution in [3.63, 3.8) is 0 Å². The van der Waals surface area contributed by atoms with E-state index in [4.69, 9.17) is 0 Å². The van der Waals surface area contributed by atoms with Gasteiger partial charge >= 0.3 is 0 Å². The molecule has 0 aromatic heterocycles. The minimum Gasteiger partial charge on any atom is -0.337 e. The standard InChI is InChI=1S/C15H26N4O/c1-13-10-19(9-8-17-13)11-14(20)18-15(12-16)6-4-2-3-5-7-15/h13,17H,2-11H2,1H3,(H,18,20)/t13-/m0/s1. The lowest BCUT2D eigenvalue weighted by atomic mass is 9.92. The number of nitriles is 1. The smallest absolute Gasteiger partial charge is 0.235 e. The van der Waals surface area contributed by atoms with E-state index < -0.39 is 5.54 Å². The molecule has 2 rings (SSSR count). The molecule has 1 aliphatic carbocycles. The van der Waals surface area contributed by atoms with Gasteiger partial charge in [0.15, 0.2) is 0 Å². The summed E-state index contributed by atoms with van der Waals surface area (Å²) >= 11 is 0. The molecule has 0 bridgehead atoms. The minimum atomic E-state index is -0.618. The second kappa shape index (κ2) is 7.05. The van der Waals surface area contributed by atoms with Gasteiger partial charge in [0.25, 0.3) is 0 Å². The maximum Gasteiger partial charge on any atom is 0.235 e. The van der Waals surface area contributed by atoms with Gasteiger partial charge in [-0.2, -0.15) is 5.26 Å². The van der Waals surface area contributed by atoms with E-state index in [1.54, 1.807) is 0 Å². The van der Waals surface area contributed by atoms with Crippen LogP contribution in [-0.4, -0.2) is 48.6 Å². The van der Waals surface area contributed by atoms with Crippen LogP contribution in [-0.2, 0) is 4.79 Å². The quantitative estimate of drug-likeness (QED) is 0.756. The third-order valence-electron chi connectivity index (χ3n) is 4.37. The third kappa shape index (κ3) is 4.19. The summed E-state index contributed by atoms with van der Waals surface area (Å²) in [6, 6.07) is 2.80. The third-order valence-corrected chi connectivity index (χ3v) is 4.37. The van der Waals surface area contributed by atoms with E-state index in [0.29, 0.717) is 12.6 Å². The van der Waals surface area contributed by atoms with Crippen molar-refractivity contribution < 1.29 is 4.79 Å². The van der Waals surface area contributed by atoms with Crippen molar-refractivity contribution in [3.8, 4) is 6.07 Å². The van der Waals surface area contributed by atoms with E-state index in [1.807, 2.05) is 0 Å². The maximum absolute atomic E-state index is 12.2. The van der Waals surface area contributed by atoms with E-state index in [1.165, 1.54) is 12.8 Å². The van der Waals surface area contributed by atoms with E-state index in [-0.39, 0.29) is 5.91 Å². The fourth-order valence-corrected chi connectivity index (χ4v) is 3.26. The normalized spacial score (nSPS) is 27.3. The number of piperazine rings is 1. The Kier molecular flexibility index (Phi) is 5.38. The van der Waals surface area contributed by atoms with Gasteiger partial charge in [0.2, 0.25) is 5.91 Å². The molecule has 1 heterocycles. The van der Waals surface area contributed by atoms with Crippen LogP contribution in [0.3, 0.4) is 0 Å². The van der Waals surface area contributed by atoms with Crippen LogP contribution in [0.2, 0.25) is 0 Å². The molecule has 5 heteroatoms. The number of nitrogens with zero attached hydrogens (tertiary/aromatic N) is 2. The van der Waals surface area contributed by atoms with Gasteiger partial charge in [-0.15, -0.1) is 0 Å². The number of carbonyl (C=O) groups excluding carboxylic acids is 1. The molecule has 1 saturated carbocycles. The van der Waals surface area contributed by atoms with E-state index >= 15 is 0 Å². The second-order valence-electron chi connectivity index (χ2n) is 6.25. The summed E-state index contributed by atoms with van der Waals surface area (Å²) in [5.74, 6) is 0.00236. The summed E-state index contributed by atoms with van der Waals surface area (Å²) in [5.41, 5.74) is -0.618. The zero-order chi connectivity index (χ0) is 14.4. The molecule has 1 atom stereocenters. The highest BCUT2D eigenvalue weighted by atomic mass is 16.2. The average molecular weight is 278 g/mol. The monoisotopic (exact) mass is 278 g/mol. The van der Waals surface area contributed by atoms with Crippen LogP contribution in [0.5, 0.6) is 0 Å². The molecule has 2 fully saturated rings. The first kappa shape index (κ1) is 15.3. The Balaban J connectivity index is 1.87. The van der Waals surface area contributed by atoms with Crippen LogP contribution < -0.4 is 10.6 Å². The molecule has 5 nitrogen and oxygen atoms in total. The highest BCUT2D eigenvalue weighted by Gasteiger charge is 2.33. The summed E-state index contributed by atoms with van der Waals surface area (Å²) in [6.45, 7) is 5.27. The number of carbonyl (C=O) groups is 1. The lowest BCUT2D eigenvalue weighted by molar-refractivity contribution is -0.124. The van der Waals surface area contributed by atoms with Crippen molar-refractivity contribution in [2.45, 2.75) is 57.0 Å². The first-order valence-electron chi connectivity index (χ1n) is 7.81. The van der Waals surface area contributed by atoms with Gasteiger partial charge in [-0.25, -0.2) is 0 Å². The first-order chi connectivity index (χ1) is 9.63. The van der Waals surface area contributed by atoms with Crippen LogP contribution in [0.15, 0.2) is 0 Å². The molecule has 0 radical (unpaired) electrons. The molecular formula is C15H26N4O. The zero-order valence-corrected chi connectivity index (χ0v) is 12.5. The molecule has 20 heavy (non-hydrogen) atoms. The van der Waals surface area contributed by atoms with Crippen molar-refractivity contribution >= 4 is 5.91 Å². The van der Waals surface area contributed by atoms with Gasteiger partial charge in [-0.05, 0) is 19.8 Å². The van der Waals surface area contributed by atoms with Crippen LogP contribution >= 0.6 is 0 Å². The van der Waals surface area contributed by atoms with Crippen molar-refractivity contribution in [2.24, 2.45) is 0 Å². The topological polar surface area (TPSA) is 68.2 Å². The molecule has 0 aromatic rings. The molecule has 1 amide bonds. The second-order valence-corrected chi connectivity index (χ2v) is 6.25. The summed E-state index contributed by atoms with van der Waals surface area (Å²) in [5, 5.41) is 15.9. The number of hydrogen-bond acceptors (Lipinski definition) is 4. The summed E-state index contributed by atoms with van der Waals surface area (Å²) in [6.07, 6.45) is 6.03. The predicted octanol–water partition coefficient (Wildman–Crippen LogP) is 1.01. The number of hydrogen-bond donors (Lipinski definition) is 2. The lowest BCUT2D eigenvalue weighted by Gasteiger charge is -2.33. The summed E-state index contributed by atoms with van der Waals surface area (Å²) in [4.78, 5) is 14.4. The van der Waals surface area contributed by atoms with Crippen LogP contribution in [0, 0.1) is 11.3 Å². The Morgan fingerprint density at radius 2 is 2.10 bits per heavy atom. The van der Waals surface area contributed by atoms with Crippen molar-refractivity contribution in [1.82, 2.24) is 15.5 Å². The molecular weight excluding hydrogens is 252 g/mol. The summed E-state index contributed by atoms with van der Waals surface area (Å²) < 4.78 is 0. The number of amides is 1. The van der Waals surface area contributed by atoms with Gasteiger partial charge in [0.05, 0.1) is 12.6 Å². The fraction of sp³-hybridized carbons (Fsp3) is 0.867. The van der Waals surface area contributed by atoms with E-state index in [0.717, 1.165) is 45.3 Å². The van der Waals surface area contributed by atoms with E-state index in [2.05, 4.69) is 28.5 Å². The molecule has 0 unspecified atom stereocenters. The number of nitrogens with one attached hydrogen (secondary N) is 2. The molecule has 1 aliphatic heterocycles. The van der Waals surface area contributed by atoms with Gasteiger partial charge in [0.1, 0.15) is 5.54 Å². The van der Waals surface area contributed by atoms with Gasteiger partial charge in [-0.3, -0.25) is 9.69 Å².